The fourth-order valence-electron chi connectivity index (χ4n) is 4.59. The number of halogens is 3. The van der Waals surface area contributed by atoms with Crippen molar-refractivity contribution < 1.29 is 23.4 Å². The van der Waals surface area contributed by atoms with E-state index in [0.717, 1.165) is 25.6 Å². The first-order valence-corrected chi connectivity index (χ1v) is 12.4. The third kappa shape index (κ3) is 4.91. The van der Waals surface area contributed by atoms with Gasteiger partial charge in [-0.3, -0.25) is 9.69 Å². The smallest absolute Gasteiger partial charge is 0.319 e. The molecule has 0 bridgehead atoms. The molecule has 37 heavy (non-hydrogen) atoms. The van der Waals surface area contributed by atoms with Crippen LogP contribution in [0.1, 0.15) is 6.42 Å². The molecular weight excluding hydrogens is 504 g/mol. The molecule has 194 valence electrons. The number of likely N-dealkylation sites (tertiary alicyclic amines) is 1. The summed E-state index contributed by atoms with van der Waals surface area (Å²) in [6, 6.07) is 5.16. The molecule has 8 nitrogen and oxygen atoms in total. The predicted octanol–water partition coefficient (Wildman–Crippen LogP) is 3.85. The van der Waals surface area contributed by atoms with Gasteiger partial charge in [0.25, 0.3) is 0 Å². The number of aromatic hydroxyl groups is 1. The Balaban J connectivity index is 1.57. The highest BCUT2D eigenvalue weighted by Crippen LogP contribution is 2.42. The number of phenols is 1. The summed E-state index contributed by atoms with van der Waals surface area (Å²) in [6.07, 6.45) is 2.42. The topological polar surface area (TPSA) is 82.0 Å². The summed E-state index contributed by atoms with van der Waals surface area (Å²) in [5.41, 5.74) is -0.734. The molecule has 11 heteroatoms. The molecule has 5 rings (SSSR count). The SMILES string of the molecule is C=CC(=O)N1CCN(c2nc(OCCN3CCC3)nc3c(F)c(-c4c(O)cccc4F)c(Cl)cc23)CC1. The number of ether oxygens (including phenoxy) is 1. The first kappa shape index (κ1) is 25.2. The molecule has 3 heterocycles. The van der Waals surface area contributed by atoms with Gasteiger partial charge in [-0.05, 0) is 43.8 Å². The summed E-state index contributed by atoms with van der Waals surface area (Å²) in [7, 11) is 0. The third-order valence-electron chi connectivity index (χ3n) is 6.74. The largest absolute Gasteiger partial charge is 0.507 e. The second-order valence-corrected chi connectivity index (χ2v) is 9.37. The Kier molecular flexibility index (Phi) is 7.12. The number of carbonyl (C=O) groups is 1. The number of fused-ring (bicyclic) bond motifs is 1. The van der Waals surface area contributed by atoms with Crippen LogP contribution in [0.5, 0.6) is 11.8 Å². The van der Waals surface area contributed by atoms with Crippen LogP contribution in [0.4, 0.5) is 14.6 Å². The number of carbonyl (C=O) groups excluding carboxylic acids is 1. The Bertz CT molecular complexity index is 1340. The maximum Gasteiger partial charge on any atom is 0.319 e. The molecule has 0 aliphatic carbocycles. The number of hydrogen-bond acceptors (Lipinski definition) is 7. The minimum atomic E-state index is -0.889. The van der Waals surface area contributed by atoms with Gasteiger partial charge in [-0.2, -0.15) is 9.97 Å². The lowest BCUT2D eigenvalue weighted by Gasteiger charge is -2.35. The van der Waals surface area contributed by atoms with E-state index in [1.807, 2.05) is 4.90 Å². The Labute approximate surface area is 217 Å². The molecule has 2 aromatic carbocycles. The number of amides is 1. The molecule has 1 N–H and O–H groups in total. The molecule has 0 saturated carbocycles. The number of benzene rings is 2. The van der Waals surface area contributed by atoms with Gasteiger partial charge in [-0.25, -0.2) is 8.78 Å². The van der Waals surface area contributed by atoms with Gasteiger partial charge in [0.1, 0.15) is 29.5 Å². The van der Waals surface area contributed by atoms with E-state index in [4.69, 9.17) is 16.3 Å². The van der Waals surface area contributed by atoms with E-state index in [9.17, 15) is 14.3 Å². The van der Waals surface area contributed by atoms with Gasteiger partial charge in [0.05, 0.1) is 10.6 Å². The second-order valence-electron chi connectivity index (χ2n) is 8.97. The molecule has 2 fully saturated rings. The summed E-state index contributed by atoms with van der Waals surface area (Å²) < 4.78 is 36.5. The number of rotatable bonds is 7. The van der Waals surface area contributed by atoms with Crippen LogP contribution in [0, 0.1) is 11.6 Å². The molecule has 2 aliphatic rings. The maximum atomic E-state index is 16.0. The van der Waals surface area contributed by atoms with Crippen LogP contribution >= 0.6 is 11.6 Å². The Morgan fingerprint density at radius 2 is 1.89 bits per heavy atom. The van der Waals surface area contributed by atoms with Crippen LogP contribution in [0.2, 0.25) is 5.02 Å². The van der Waals surface area contributed by atoms with Crippen molar-refractivity contribution in [2.75, 3.05) is 57.3 Å². The summed E-state index contributed by atoms with van der Waals surface area (Å²) >= 11 is 6.47. The Morgan fingerprint density at radius 3 is 2.54 bits per heavy atom. The molecule has 1 amide bonds. The number of anilines is 1. The monoisotopic (exact) mass is 529 g/mol. The minimum Gasteiger partial charge on any atom is -0.507 e. The third-order valence-corrected chi connectivity index (χ3v) is 7.03. The summed E-state index contributed by atoms with van der Waals surface area (Å²) in [5, 5.41) is 10.5. The molecule has 1 aromatic heterocycles. The number of nitrogens with zero attached hydrogens (tertiary/aromatic N) is 5. The van der Waals surface area contributed by atoms with Gasteiger partial charge in [0.2, 0.25) is 5.91 Å². The van der Waals surface area contributed by atoms with E-state index in [1.165, 1.54) is 24.3 Å². The van der Waals surface area contributed by atoms with E-state index in [-0.39, 0.29) is 33.6 Å². The van der Waals surface area contributed by atoms with Crippen LogP contribution in [-0.4, -0.2) is 83.2 Å². The van der Waals surface area contributed by atoms with Crippen LogP contribution < -0.4 is 9.64 Å². The number of hydrogen-bond donors (Lipinski definition) is 1. The molecule has 2 saturated heterocycles. The highest BCUT2D eigenvalue weighted by molar-refractivity contribution is 6.34. The zero-order valence-electron chi connectivity index (χ0n) is 20.1. The van der Waals surface area contributed by atoms with Gasteiger partial charge in [-0.15, -0.1) is 0 Å². The van der Waals surface area contributed by atoms with Crippen molar-refractivity contribution in [3.8, 4) is 22.9 Å². The summed E-state index contributed by atoms with van der Waals surface area (Å²) in [5.74, 6) is -1.91. The lowest BCUT2D eigenvalue weighted by Crippen LogP contribution is -2.48. The second kappa shape index (κ2) is 10.5. The van der Waals surface area contributed by atoms with Gasteiger partial charge < -0.3 is 19.6 Å². The highest BCUT2D eigenvalue weighted by atomic mass is 35.5. The summed E-state index contributed by atoms with van der Waals surface area (Å²) in [6.45, 7) is 8.29. The first-order valence-electron chi connectivity index (χ1n) is 12.1. The minimum absolute atomic E-state index is 0.0162. The van der Waals surface area contributed by atoms with Crippen molar-refractivity contribution in [1.29, 1.82) is 0 Å². The zero-order valence-corrected chi connectivity index (χ0v) is 20.8. The van der Waals surface area contributed by atoms with Crippen LogP contribution in [0.3, 0.4) is 0 Å². The van der Waals surface area contributed by atoms with Crippen molar-refractivity contribution in [2.45, 2.75) is 6.42 Å². The lowest BCUT2D eigenvalue weighted by molar-refractivity contribution is -0.126. The Morgan fingerprint density at radius 1 is 1.14 bits per heavy atom. The molecule has 0 spiro atoms. The Hall–Kier alpha value is -3.50. The van der Waals surface area contributed by atoms with Crippen molar-refractivity contribution in [1.82, 2.24) is 19.8 Å². The standard InChI is InChI=1S/C26H26ClF2N5O3/c1-2-20(36)33-9-11-34(12-10-33)25-16-15-17(27)21(22-18(28)5-3-6-19(22)35)23(29)24(16)30-26(31-25)37-14-13-32-7-4-8-32/h2-3,5-6,15,35H,1,4,7-14H2. The number of aromatic nitrogens is 2. The van der Waals surface area contributed by atoms with Crippen molar-refractivity contribution in [3.63, 3.8) is 0 Å². The van der Waals surface area contributed by atoms with Crippen LogP contribution in [-0.2, 0) is 4.79 Å². The van der Waals surface area contributed by atoms with E-state index in [1.54, 1.807) is 4.90 Å². The van der Waals surface area contributed by atoms with Crippen molar-refractivity contribution in [2.24, 2.45) is 0 Å². The average Bonchev–Trinajstić information content (AvgIpc) is 2.86. The maximum absolute atomic E-state index is 16.0. The molecule has 0 unspecified atom stereocenters. The van der Waals surface area contributed by atoms with Crippen LogP contribution in [0.25, 0.3) is 22.0 Å². The van der Waals surface area contributed by atoms with Gasteiger partial charge in [0, 0.05) is 43.7 Å². The molecule has 0 radical (unpaired) electrons. The molecular formula is C26H26ClF2N5O3. The van der Waals surface area contributed by atoms with Crippen molar-refractivity contribution in [3.05, 3.63) is 53.6 Å². The normalized spacial score (nSPS) is 16.1. The fourth-order valence-corrected chi connectivity index (χ4v) is 4.88. The van der Waals surface area contributed by atoms with Gasteiger partial charge in [-0.1, -0.05) is 24.2 Å². The van der Waals surface area contributed by atoms with E-state index < -0.39 is 17.4 Å². The van der Waals surface area contributed by atoms with E-state index >= 15 is 4.39 Å². The number of piperazine rings is 1. The van der Waals surface area contributed by atoms with Gasteiger partial charge in [0.15, 0.2) is 5.82 Å². The quantitative estimate of drug-likeness (QED) is 0.465. The fraction of sp³-hybridized carbons (Fsp3) is 0.346. The number of phenolic OH excluding ortho intramolecular Hbond substituents is 1. The molecule has 3 aromatic rings. The first-order chi connectivity index (χ1) is 17.9. The van der Waals surface area contributed by atoms with E-state index in [0.29, 0.717) is 50.5 Å². The zero-order chi connectivity index (χ0) is 26.1. The molecule has 0 atom stereocenters. The van der Waals surface area contributed by atoms with E-state index in [2.05, 4.69) is 21.4 Å². The molecule has 2 aliphatic heterocycles. The average molecular weight is 530 g/mol. The van der Waals surface area contributed by atoms with Gasteiger partial charge >= 0.3 is 6.01 Å². The van der Waals surface area contributed by atoms with Crippen molar-refractivity contribution >= 4 is 34.2 Å². The lowest BCUT2D eigenvalue weighted by atomic mass is 10.0. The highest BCUT2D eigenvalue weighted by Gasteiger charge is 2.27. The summed E-state index contributed by atoms with van der Waals surface area (Å²) in [4.78, 5) is 26.7. The predicted molar refractivity (Wildman–Crippen MR) is 137 cm³/mol. The van der Waals surface area contributed by atoms with Crippen LogP contribution in [0.15, 0.2) is 36.9 Å².